The van der Waals surface area contributed by atoms with Crippen molar-refractivity contribution in [1.82, 2.24) is 0 Å². The number of phenolic OH excluding ortho intramolecular Hbond substituents is 3. The van der Waals surface area contributed by atoms with Crippen LogP contribution in [0.5, 0.6) is 23.0 Å². The van der Waals surface area contributed by atoms with Crippen LogP contribution >= 0.6 is 0 Å². The molecule has 0 heterocycles. The average molecular weight is 503 g/mol. The Balaban J connectivity index is 1.79. The van der Waals surface area contributed by atoms with Crippen molar-refractivity contribution in [1.29, 1.82) is 0 Å². The number of phenols is 4. The van der Waals surface area contributed by atoms with Gasteiger partial charge in [0.05, 0.1) is 11.1 Å². The fourth-order valence-corrected chi connectivity index (χ4v) is 5.94. The molecule has 0 aliphatic heterocycles. The second-order valence-corrected chi connectivity index (χ2v) is 11.0. The summed E-state index contributed by atoms with van der Waals surface area (Å²) < 4.78 is 0. The van der Waals surface area contributed by atoms with Crippen LogP contribution in [-0.4, -0.2) is 37.3 Å². The fraction of sp³-hybridized carbons (Fsp3) is 0.333. The van der Waals surface area contributed by atoms with E-state index in [4.69, 9.17) is 0 Å². The summed E-state index contributed by atoms with van der Waals surface area (Å²) in [4.78, 5) is 25.8. The van der Waals surface area contributed by atoms with Crippen LogP contribution < -0.4 is 0 Å². The molecule has 0 radical (unpaired) electrons. The molecule has 192 valence electrons. The Bertz CT molecular complexity index is 1510. The normalized spacial score (nSPS) is 15.1. The number of carboxylic acids is 1. The molecule has 0 saturated carbocycles. The maximum Gasteiger partial charge on any atom is 0.339 e. The molecule has 0 saturated heterocycles. The minimum atomic E-state index is -1.22. The van der Waals surface area contributed by atoms with Gasteiger partial charge in [-0.25, -0.2) is 4.79 Å². The van der Waals surface area contributed by atoms with Crippen molar-refractivity contribution in [2.45, 2.75) is 58.8 Å². The predicted octanol–water partition coefficient (Wildman–Crippen LogP) is 5.43. The summed E-state index contributed by atoms with van der Waals surface area (Å²) in [6.45, 7) is 7.76. The minimum Gasteiger partial charge on any atom is -0.508 e. The summed E-state index contributed by atoms with van der Waals surface area (Å²) in [5, 5.41) is 53.3. The van der Waals surface area contributed by atoms with Crippen LogP contribution in [-0.2, 0) is 24.7 Å². The number of carbonyl (C=O) groups excluding carboxylic acids is 1. The third-order valence-corrected chi connectivity index (χ3v) is 7.89. The number of benzene rings is 3. The Morgan fingerprint density at radius 2 is 1.59 bits per heavy atom. The third-order valence-electron chi connectivity index (χ3n) is 7.89. The monoisotopic (exact) mass is 502 g/mol. The van der Waals surface area contributed by atoms with Gasteiger partial charge in [-0.05, 0) is 71.6 Å². The molecule has 2 aliphatic rings. The number of aromatic hydroxyl groups is 4. The van der Waals surface area contributed by atoms with Gasteiger partial charge in [0.2, 0.25) is 5.78 Å². The zero-order valence-electron chi connectivity index (χ0n) is 21.3. The van der Waals surface area contributed by atoms with Gasteiger partial charge in [0.1, 0.15) is 28.6 Å². The van der Waals surface area contributed by atoms with E-state index >= 15 is 0 Å². The summed E-state index contributed by atoms with van der Waals surface area (Å²) in [7, 11) is 0. The molecule has 37 heavy (non-hydrogen) atoms. The Morgan fingerprint density at radius 1 is 0.919 bits per heavy atom. The Hall–Kier alpha value is -4.00. The molecule has 7 nitrogen and oxygen atoms in total. The lowest BCUT2D eigenvalue weighted by molar-refractivity contribution is 0.0692. The van der Waals surface area contributed by atoms with Crippen molar-refractivity contribution >= 4 is 11.8 Å². The minimum absolute atomic E-state index is 0.0348. The van der Waals surface area contributed by atoms with E-state index in [9.17, 15) is 35.1 Å². The number of hydrogen-bond donors (Lipinski definition) is 5. The molecule has 0 spiro atoms. The fourth-order valence-electron chi connectivity index (χ4n) is 5.94. The van der Waals surface area contributed by atoms with Crippen molar-refractivity contribution in [2.24, 2.45) is 5.92 Å². The molecular formula is C30H30O7. The molecule has 0 amide bonds. The van der Waals surface area contributed by atoms with Crippen molar-refractivity contribution < 1.29 is 35.1 Å². The van der Waals surface area contributed by atoms with Gasteiger partial charge in [-0.2, -0.15) is 0 Å². The summed E-state index contributed by atoms with van der Waals surface area (Å²) >= 11 is 0. The zero-order chi connectivity index (χ0) is 27.0. The van der Waals surface area contributed by atoms with Gasteiger partial charge in [-0.1, -0.05) is 33.8 Å². The van der Waals surface area contributed by atoms with E-state index in [2.05, 4.69) is 13.8 Å². The number of aryl methyl sites for hydroxylation is 2. The first kappa shape index (κ1) is 24.7. The molecule has 0 unspecified atom stereocenters. The summed E-state index contributed by atoms with van der Waals surface area (Å²) in [6, 6.07) is 6.12. The first-order chi connectivity index (χ1) is 17.3. The van der Waals surface area contributed by atoms with Crippen LogP contribution in [0.3, 0.4) is 0 Å². The van der Waals surface area contributed by atoms with Gasteiger partial charge in [-0.15, -0.1) is 0 Å². The predicted molar refractivity (Wildman–Crippen MR) is 138 cm³/mol. The van der Waals surface area contributed by atoms with Crippen molar-refractivity contribution in [3.8, 4) is 34.1 Å². The number of aromatic carboxylic acids is 1. The average Bonchev–Trinajstić information content (AvgIpc) is 2.80. The number of rotatable bonds is 4. The summed E-state index contributed by atoms with van der Waals surface area (Å²) in [5.74, 6) is -2.51. The molecule has 0 atom stereocenters. The Labute approximate surface area is 214 Å². The van der Waals surface area contributed by atoms with Crippen LogP contribution in [0.4, 0.5) is 0 Å². The second-order valence-electron chi connectivity index (χ2n) is 11.0. The van der Waals surface area contributed by atoms with Crippen molar-refractivity contribution in [2.75, 3.05) is 0 Å². The molecule has 3 aromatic carbocycles. The molecule has 0 fully saturated rings. The molecule has 0 aromatic heterocycles. The lowest BCUT2D eigenvalue weighted by Gasteiger charge is -2.37. The maximum absolute atomic E-state index is 13.5. The van der Waals surface area contributed by atoms with E-state index in [-0.39, 0.29) is 39.7 Å². The molecule has 5 rings (SSSR count). The van der Waals surface area contributed by atoms with Crippen LogP contribution in [0.1, 0.15) is 88.2 Å². The van der Waals surface area contributed by atoms with E-state index in [0.29, 0.717) is 58.6 Å². The number of carboxylic acid groups (broad SMARTS) is 1. The van der Waals surface area contributed by atoms with Crippen LogP contribution in [0.15, 0.2) is 24.3 Å². The van der Waals surface area contributed by atoms with Crippen molar-refractivity contribution in [3.05, 3.63) is 68.8 Å². The molecule has 5 N–H and O–H groups in total. The van der Waals surface area contributed by atoms with Gasteiger partial charge >= 0.3 is 5.97 Å². The SMILES string of the molecule is CC(C)CCc1cc2c(c(O)c1C(=O)O)-c1cc3c(c(O)c1CC2)C(=O)c1c(O)cc(O)cc1C3(C)C. The third kappa shape index (κ3) is 3.56. The molecule has 0 bridgehead atoms. The summed E-state index contributed by atoms with van der Waals surface area (Å²) in [6.07, 6.45) is 2.16. The van der Waals surface area contributed by atoms with Gasteiger partial charge < -0.3 is 25.5 Å². The van der Waals surface area contributed by atoms with Crippen LogP contribution in [0.25, 0.3) is 11.1 Å². The Kier molecular flexibility index (Phi) is 5.51. The van der Waals surface area contributed by atoms with E-state index in [1.54, 1.807) is 6.07 Å². The first-order valence-electron chi connectivity index (χ1n) is 12.5. The maximum atomic E-state index is 13.5. The van der Waals surface area contributed by atoms with Crippen molar-refractivity contribution in [3.63, 3.8) is 0 Å². The number of hydrogen-bond acceptors (Lipinski definition) is 6. The zero-order valence-corrected chi connectivity index (χ0v) is 21.3. The number of fused-ring (bicyclic) bond motifs is 5. The largest absolute Gasteiger partial charge is 0.508 e. The van der Waals surface area contributed by atoms with Crippen LogP contribution in [0.2, 0.25) is 0 Å². The molecular weight excluding hydrogens is 472 g/mol. The van der Waals surface area contributed by atoms with Gasteiger partial charge in [0, 0.05) is 22.6 Å². The van der Waals surface area contributed by atoms with Gasteiger partial charge in [-0.3, -0.25) is 4.79 Å². The van der Waals surface area contributed by atoms with Gasteiger partial charge in [0.25, 0.3) is 0 Å². The smallest absolute Gasteiger partial charge is 0.339 e. The lowest BCUT2D eigenvalue weighted by Crippen LogP contribution is -2.31. The quantitative estimate of drug-likeness (QED) is 0.321. The molecule has 2 aliphatic carbocycles. The molecule has 7 heteroatoms. The van der Waals surface area contributed by atoms with E-state index in [1.165, 1.54) is 6.07 Å². The first-order valence-corrected chi connectivity index (χ1v) is 12.5. The van der Waals surface area contributed by atoms with Gasteiger partial charge in [0.15, 0.2) is 0 Å². The standard InChI is InChI=1S/C30H30O7/c1-13(2)5-6-15-9-14-7-8-17-18(22(14)27(34)23(15)29(36)37)12-20-25(26(17)33)28(35)24-19(30(20,3)4)10-16(31)11-21(24)32/h9-13,31-34H,5-8H2,1-4H3,(H,36,37). The molecule has 3 aromatic rings. The van der Waals surface area contributed by atoms with E-state index in [1.807, 2.05) is 19.9 Å². The summed E-state index contributed by atoms with van der Waals surface area (Å²) in [5.41, 5.74) is 2.64. The number of carbonyl (C=O) groups is 2. The Morgan fingerprint density at radius 3 is 2.24 bits per heavy atom. The highest BCUT2D eigenvalue weighted by atomic mass is 16.4. The topological polar surface area (TPSA) is 135 Å². The van der Waals surface area contributed by atoms with E-state index in [0.717, 1.165) is 18.1 Å². The highest BCUT2D eigenvalue weighted by Crippen LogP contribution is 2.53. The highest BCUT2D eigenvalue weighted by Gasteiger charge is 2.43. The van der Waals surface area contributed by atoms with E-state index < -0.39 is 17.2 Å². The van der Waals surface area contributed by atoms with Crippen LogP contribution in [0, 0.1) is 5.92 Å². The lowest BCUT2D eigenvalue weighted by atomic mass is 9.66. The number of ketones is 1. The second kappa shape index (κ2) is 8.26. The highest BCUT2D eigenvalue weighted by molar-refractivity contribution is 6.17.